The molecule has 1 amide bonds. The van der Waals surface area contributed by atoms with Crippen molar-refractivity contribution < 1.29 is 9.53 Å². The van der Waals surface area contributed by atoms with Crippen molar-refractivity contribution in [3.8, 4) is 5.75 Å². The molecule has 1 aromatic carbocycles. The lowest BCUT2D eigenvalue weighted by molar-refractivity contribution is -0.126. The molecule has 6 nitrogen and oxygen atoms in total. The van der Waals surface area contributed by atoms with Crippen molar-refractivity contribution in [3.63, 3.8) is 0 Å². The third-order valence-corrected chi connectivity index (χ3v) is 5.31. The van der Waals surface area contributed by atoms with E-state index in [4.69, 9.17) is 4.74 Å². The van der Waals surface area contributed by atoms with Crippen LogP contribution in [-0.4, -0.2) is 47.0 Å². The molecule has 1 atom stereocenters. The summed E-state index contributed by atoms with van der Waals surface area (Å²) >= 11 is 0. The highest BCUT2D eigenvalue weighted by atomic mass is 16.5. The largest absolute Gasteiger partial charge is 0.497 e. The Labute approximate surface area is 149 Å². The lowest BCUT2D eigenvalue weighted by Crippen LogP contribution is -2.48. The Morgan fingerprint density at radius 1 is 1.40 bits per heavy atom. The predicted molar refractivity (Wildman–Crippen MR) is 98.6 cm³/mol. The van der Waals surface area contributed by atoms with Gasteiger partial charge < -0.3 is 15.0 Å². The summed E-state index contributed by atoms with van der Waals surface area (Å²) in [5.74, 6) is 1.59. The number of hydrogen-bond donors (Lipinski definition) is 2. The number of fused-ring (bicyclic) bond motifs is 1. The molecule has 0 unspecified atom stereocenters. The lowest BCUT2D eigenvalue weighted by Gasteiger charge is -2.34. The number of imidazole rings is 1. The zero-order valence-corrected chi connectivity index (χ0v) is 15.3. The van der Waals surface area contributed by atoms with E-state index in [0.717, 1.165) is 22.6 Å². The Morgan fingerprint density at radius 2 is 2.16 bits per heavy atom. The molecule has 2 aromatic rings. The van der Waals surface area contributed by atoms with Crippen LogP contribution in [0.3, 0.4) is 0 Å². The fraction of sp³-hybridized carbons (Fsp3) is 0.579. The Kier molecular flexibility index (Phi) is 5.58. The number of ether oxygens (including phenoxy) is 1. The molecule has 3 rings (SSSR count). The molecule has 1 aliphatic rings. The number of H-pyrrole nitrogens is 1. The van der Waals surface area contributed by atoms with E-state index in [-0.39, 0.29) is 11.9 Å². The van der Waals surface area contributed by atoms with Gasteiger partial charge in [0.15, 0.2) is 0 Å². The van der Waals surface area contributed by atoms with E-state index in [0.29, 0.717) is 12.6 Å². The molecule has 0 bridgehead atoms. The average molecular weight is 344 g/mol. The number of amides is 1. The lowest BCUT2D eigenvalue weighted by atomic mass is 9.93. The van der Waals surface area contributed by atoms with Crippen LogP contribution in [0, 0.1) is 0 Å². The van der Waals surface area contributed by atoms with Crippen LogP contribution in [0.1, 0.15) is 44.9 Å². The van der Waals surface area contributed by atoms with Gasteiger partial charge in [-0.25, -0.2) is 4.98 Å². The van der Waals surface area contributed by atoms with Gasteiger partial charge in [0.2, 0.25) is 5.91 Å². The van der Waals surface area contributed by atoms with Gasteiger partial charge >= 0.3 is 0 Å². The molecule has 0 saturated heterocycles. The van der Waals surface area contributed by atoms with Crippen molar-refractivity contribution in [2.45, 2.75) is 57.7 Å². The molecule has 0 spiro atoms. The maximum Gasteiger partial charge on any atom is 0.237 e. The van der Waals surface area contributed by atoms with Gasteiger partial charge in [-0.1, -0.05) is 19.3 Å². The summed E-state index contributed by atoms with van der Waals surface area (Å²) < 4.78 is 5.22. The van der Waals surface area contributed by atoms with E-state index in [2.05, 4.69) is 27.2 Å². The van der Waals surface area contributed by atoms with E-state index >= 15 is 0 Å². The quantitative estimate of drug-likeness (QED) is 0.845. The first-order valence-corrected chi connectivity index (χ1v) is 9.10. The molecule has 1 saturated carbocycles. The van der Waals surface area contributed by atoms with Crippen LogP contribution in [0.25, 0.3) is 11.0 Å². The van der Waals surface area contributed by atoms with Crippen molar-refractivity contribution in [2.24, 2.45) is 0 Å². The summed E-state index contributed by atoms with van der Waals surface area (Å²) in [4.78, 5) is 22.5. The molecule has 0 aliphatic heterocycles. The summed E-state index contributed by atoms with van der Waals surface area (Å²) in [6.07, 6.45) is 6.25. The molecule has 0 radical (unpaired) electrons. The van der Waals surface area contributed by atoms with Crippen LogP contribution in [0.15, 0.2) is 18.2 Å². The third kappa shape index (κ3) is 4.12. The predicted octanol–water partition coefficient (Wildman–Crippen LogP) is 2.84. The number of methoxy groups -OCH3 is 1. The molecule has 1 fully saturated rings. The van der Waals surface area contributed by atoms with Crippen molar-refractivity contribution in [2.75, 3.05) is 14.2 Å². The molecule has 1 aliphatic carbocycles. The number of nitrogens with zero attached hydrogens (tertiary/aromatic N) is 2. The van der Waals surface area contributed by atoms with Gasteiger partial charge in [-0.3, -0.25) is 9.69 Å². The van der Waals surface area contributed by atoms with Crippen LogP contribution in [0.5, 0.6) is 5.75 Å². The summed E-state index contributed by atoms with van der Waals surface area (Å²) in [5.41, 5.74) is 1.79. The zero-order valence-electron chi connectivity index (χ0n) is 15.3. The molecular weight excluding hydrogens is 316 g/mol. The minimum atomic E-state index is -0.132. The second-order valence-electron chi connectivity index (χ2n) is 6.92. The van der Waals surface area contributed by atoms with Gasteiger partial charge in [0, 0.05) is 12.1 Å². The number of hydrogen-bond acceptors (Lipinski definition) is 4. The van der Waals surface area contributed by atoms with Crippen LogP contribution in [0.2, 0.25) is 0 Å². The highest BCUT2D eigenvalue weighted by Gasteiger charge is 2.26. The zero-order chi connectivity index (χ0) is 17.8. The number of rotatable bonds is 6. The first kappa shape index (κ1) is 17.7. The Balaban J connectivity index is 1.57. The highest BCUT2D eigenvalue weighted by Crippen LogP contribution is 2.23. The topological polar surface area (TPSA) is 70.2 Å². The van der Waals surface area contributed by atoms with Crippen LogP contribution < -0.4 is 10.1 Å². The highest BCUT2D eigenvalue weighted by molar-refractivity contribution is 5.81. The summed E-state index contributed by atoms with van der Waals surface area (Å²) in [7, 11) is 3.70. The van der Waals surface area contributed by atoms with Gasteiger partial charge in [-0.15, -0.1) is 0 Å². The van der Waals surface area contributed by atoms with Crippen LogP contribution in [0.4, 0.5) is 0 Å². The van der Waals surface area contributed by atoms with E-state index in [1.54, 1.807) is 7.11 Å². The van der Waals surface area contributed by atoms with Gasteiger partial charge in [0.25, 0.3) is 0 Å². The molecule has 25 heavy (non-hydrogen) atoms. The molecule has 1 heterocycles. The number of aromatic amines is 1. The summed E-state index contributed by atoms with van der Waals surface area (Å²) in [6.45, 7) is 2.38. The Hall–Kier alpha value is -2.08. The minimum absolute atomic E-state index is 0.0473. The maximum absolute atomic E-state index is 12.5. The molecule has 6 heteroatoms. The molecule has 1 aromatic heterocycles. The van der Waals surface area contributed by atoms with E-state index in [1.165, 1.54) is 32.1 Å². The van der Waals surface area contributed by atoms with E-state index in [1.807, 2.05) is 25.1 Å². The van der Waals surface area contributed by atoms with Crippen molar-refractivity contribution >= 4 is 16.9 Å². The van der Waals surface area contributed by atoms with E-state index < -0.39 is 0 Å². The Bertz CT molecular complexity index is 721. The minimum Gasteiger partial charge on any atom is -0.497 e. The van der Waals surface area contributed by atoms with Gasteiger partial charge in [-0.05, 0) is 38.9 Å². The fourth-order valence-electron chi connectivity index (χ4n) is 3.56. The van der Waals surface area contributed by atoms with Gasteiger partial charge in [-0.2, -0.15) is 0 Å². The third-order valence-electron chi connectivity index (χ3n) is 5.31. The summed E-state index contributed by atoms with van der Waals surface area (Å²) in [6, 6.07) is 6.09. The SMILES string of the molecule is COc1ccc2nc(CNC(=O)[C@H](C)N(C)C3CCCCC3)[nH]c2c1. The number of likely N-dealkylation sites (N-methyl/N-ethyl adjacent to an activating group) is 1. The smallest absolute Gasteiger partial charge is 0.237 e. The molecule has 2 N–H and O–H groups in total. The normalized spacial score (nSPS) is 17.0. The average Bonchev–Trinajstić information content (AvgIpc) is 3.07. The van der Waals surface area contributed by atoms with Crippen molar-refractivity contribution in [1.29, 1.82) is 0 Å². The van der Waals surface area contributed by atoms with Gasteiger partial charge in [0.05, 0.1) is 30.7 Å². The second-order valence-corrected chi connectivity index (χ2v) is 6.92. The maximum atomic E-state index is 12.5. The Morgan fingerprint density at radius 3 is 2.88 bits per heavy atom. The monoisotopic (exact) mass is 344 g/mol. The van der Waals surface area contributed by atoms with Gasteiger partial charge in [0.1, 0.15) is 11.6 Å². The number of carbonyl (C=O) groups excluding carboxylic acids is 1. The number of nitrogens with one attached hydrogen (secondary N) is 2. The fourth-order valence-corrected chi connectivity index (χ4v) is 3.56. The van der Waals surface area contributed by atoms with Crippen LogP contribution in [-0.2, 0) is 11.3 Å². The number of aromatic nitrogens is 2. The molecular formula is C19H28N4O2. The standard InChI is InChI=1S/C19H28N4O2/c1-13(23(2)14-7-5-4-6-8-14)19(24)20-12-18-21-16-10-9-15(25-3)11-17(16)22-18/h9-11,13-14H,4-8,12H2,1-3H3,(H,20,24)(H,21,22)/t13-/m0/s1. The van der Waals surface area contributed by atoms with Crippen molar-refractivity contribution in [1.82, 2.24) is 20.2 Å². The molecule has 136 valence electrons. The van der Waals surface area contributed by atoms with Crippen molar-refractivity contribution in [3.05, 3.63) is 24.0 Å². The number of benzene rings is 1. The van der Waals surface area contributed by atoms with E-state index in [9.17, 15) is 4.79 Å². The second kappa shape index (κ2) is 7.87. The summed E-state index contributed by atoms with van der Waals surface area (Å²) in [5, 5.41) is 3.00. The first-order chi connectivity index (χ1) is 12.1. The number of carbonyl (C=O) groups is 1. The first-order valence-electron chi connectivity index (χ1n) is 9.10. The van der Waals surface area contributed by atoms with Crippen LogP contribution >= 0.6 is 0 Å².